The predicted molar refractivity (Wildman–Crippen MR) is 76.7 cm³/mol. The predicted octanol–water partition coefficient (Wildman–Crippen LogP) is 3.26. The zero-order valence-corrected chi connectivity index (χ0v) is 11.7. The van der Waals surface area contributed by atoms with Gasteiger partial charge < -0.3 is 10.5 Å². The van der Waals surface area contributed by atoms with Crippen LogP contribution in [0.4, 0.5) is 10.1 Å². The second kappa shape index (κ2) is 5.33. The molecule has 0 radical (unpaired) electrons. The van der Waals surface area contributed by atoms with Crippen molar-refractivity contribution in [2.75, 3.05) is 12.8 Å². The van der Waals surface area contributed by atoms with Crippen molar-refractivity contribution in [3.8, 4) is 5.75 Å². The van der Waals surface area contributed by atoms with Gasteiger partial charge in [-0.15, -0.1) is 0 Å². The zero-order valence-electron chi connectivity index (χ0n) is 11.7. The lowest BCUT2D eigenvalue weighted by Crippen LogP contribution is -2.07. The summed E-state index contributed by atoms with van der Waals surface area (Å²) in [6, 6.07) is 7.58. The molecular formula is C16H16FNO2. The first-order valence-corrected chi connectivity index (χ1v) is 6.19. The van der Waals surface area contributed by atoms with Crippen LogP contribution in [-0.4, -0.2) is 12.9 Å². The Morgan fingerprint density at radius 3 is 2.30 bits per heavy atom. The van der Waals surface area contributed by atoms with Gasteiger partial charge in [0.15, 0.2) is 5.78 Å². The van der Waals surface area contributed by atoms with Gasteiger partial charge in [0, 0.05) is 11.1 Å². The molecule has 4 heteroatoms. The summed E-state index contributed by atoms with van der Waals surface area (Å²) in [5, 5.41) is 0. The Labute approximate surface area is 117 Å². The third kappa shape index (κ3) is 2.50. The number of carbonyl (C=O) groups excluding carboxylic acids is 1. The first-order chi connectivity index (χ1) is 9.43. The van der Waals surface area contributed by atoms with Gasteiger partial charge in [-0.3, -0.25) is 4.79 Å². The van der Waals surface area contributed by atoms with E-state index in [4.69, 9.17) is 10.5 Å². The summed E-state index contributed by atoms with van der Waals surface area (Å²) in [6.07, 6.45) is 0. The van der Waals surface area contributed by atoms with E-state index in [1.165, 1.54) is 19.2 Å². The molecule has 0 unspecified atom stereocenters. The van der Waals surface area contributed by atoms with Gasteiger partial charge in [-0.25, -0.2) is 4.39 Å². The number of ketones is 1. The van der Waals surface area contributed by atoms with Gasteiger partial charge in [0.1, 0.15) is 11.6 Å². The molecule has 2 aromatic carbocycles. The molecular weight excluding hydrogens is 257 g/mol. The summed E-state index contributed by atoms with van der Waals surface area (Å²) in [7, 11) is 1.49. The Morgan fingerprint density at radius 2 is 1.75 bits per heavy atom. The van der Waals surface area contributed by atoms with Crippen LogP contribution in [-0.2, 0) is 0 Å². The highest BCUT2D eigenvalue weighted by atomic mass is 19.1. The van der Waals surface area contributed by atoms with Crippen LogP contribution < -0.4 is 10.5 Å². The fourth-order valence-electron chi connectivity index (χ4n) is 2.27. The van der Waals surface area contributed by atoms with E-state index >= 15 is 0 Å². The van der Waals surface area contributed by atoms with E-state index in [0.29, 0.717) is 33.7 Å². The number of nitrogen functional groups attached to an aromatic ring is 1. The summed E-state index contributed by atoms with van der Waals surface area (Å²) in [5.74, 6) is -0.0574. The number of anilines is 1. The maximum atomic E-state index is 13.3. The number of ether oxygens (including phenoxy) is 1. The van der Waals surface area contributed by atoms with E-state index in [-0.39, 0.29) is 11.6 Å². The largest absolute Gasteiger partial charge is 0.495 e. The number of aryl methyl sites for hydroxylation is 2. The summed E-state index contributed by atoms with van der Waals surface area (Å²) in [4.78, 5) is 12.6. The maximum Gasteiger partial charge on any atom is 0.193 e. The SMILES string of the molecule is COc1cc(C(=O)c2c(C)cc(F)cc2C)ccc1N. The minimum absolute atomic E-state index is 0.168. The first-order valence-electron chi connectivity index (χ1n) is 6.19. The molecule has 0 saturated heterocycles. The van der Waals surface area contributed by atoms with Crippen LogP contribution in [0.3, 0.4) is 0 Å². The van der Waals surface area contributed by atoms with E-state index in [2.05, 4.69) is 0 Å². The van der Waals surface area contributed by atoms with Crippen molar-refractivity contribution >= 4 is 11.5 Å². The monoisotopic (exact) mass is 273 g/mol. The molecule has 2 aromatic rings. The van der Waals surface area contributed by atoms with Gasteiger partial charge in [0.2, 0.25) is 0 Å². The molecule has 0 saturated carbocycles. The Balaban J connectivity index is 2.52. The van der Waals surface area contributed by atoms with E-state index in [1.807, 2.05) is 0 Å². The van der Waals surface area contributed by atoms with Crippen molar-refractivity contribution in [2.24, 2.45) is 0 Å². The highest BCUT2D eigenvalue weighted by Gasteiger charge is 2.16. The highest BCUT2D eigenvalue weighted by Crippen LogP contribution is 2.26. The molecule has 0 heterocycles. The van der Waals surface area contributed by atoms with Crippen LogP contribution in [0.15, 0.2) is 30.3 Å². The summed E-state index contributed by atoms with van der Waals surface area (Å²) in [6.45, 7) is 3.44. The number of benzene rings is 2. The molecule has 0 bridgehead atoms. The topological polar surface area (TPSA) is 52.3 Å². The van der Waals surface area contributed by atoms with Gasteiger partial charge in [0.25, 0.3) is 0 Å². The summed E-state index contributed by atoms with van der Waals surface area (Å²) in [5.41, 5.74) is 8.41. The molecule has 2 rings (SSSR count). The van der Waals surface area contributed by atoms with Crippen LogP contribution in [0.5, 0.6) is 5.75 Å². The second-order valence-corrected chi connectivity index (χ2v) is 4.70. The second-order valence-electron chi connectivity index (χ2n) is 4.70. The quantitative estimate of drug-likeness (QED) is 0.689. The highest BCUT2D eigenvalue weighted by molar-refractivity contribution is 6.11. The van der Waals surface area contributed by atoms with Gasteiger partial charge >= 0.3 is 0 Å². The number of carbonyl (C=O) groups is 1. The van der Waals surface area contributed by atoms with Crippen molar-refractivity contribution in [3.63, 3.8) is 0 Å². The molecule has 3 nitrogen and oxygen atoms in total. The van der Waals surface area contributed by atoms with Gasteiger partial charge in [-0.1, -0.05) is 0 Å². The van der Waals surface area contributed by atoms with E-state index in [1.54, 1.807) is 32.0 Å². The van der Waals surface area contributed by atoms with Crippen LogP contribution in [0, 0.1) is 19.7 Å². The number of nitrogens with two attached hydrogens (primary N) is 1. The van der Waals surface area contributed by atoms with Crippen molar-refractivity contribution in [1.29, 1.82) is 0 Å². The van der Waals surface area contributed by atoms with Gasteiger partial charge in [-0.2, -0.15) is 0 Å². The molecule has 2 N–H and O–H groups in total. The Hall–Kier alpha value is -2.36. The van der Waals surface area contributed by atoms with Gasteiger partial charge in [0.05, 0.1) is 12.8 Å². The minimum atomic E-state index is -0.341. The number of hydrogen-bond acceptors (Lipinski definition) is 3. The summed E-state index contributed by atoms with van der Waals surface area (Å²) >= 11 is 0. The lowest BCUT2D eigenvalue weighted by atomic mass is 9.94. The fourth-order valence-corrected chi connectivity index (χ4v) is 2.27. The lowest BCUT2D eigenvalue weighted by Gasteiger charge is -2.11. The van der Waals surface area contributed by atoms with E-state index < -0.39 is 0 Å². The fraction of sp³-hybridized carbons (Fsp3) is 0.188. The van der Waals surface area contributed by atoms with Crippen LogP contribution in [0.1, 0.15) is 27.0 Å². The average Bonchev–Trinajstić information content (AvgIpc) is 2.37. The molecule has 0 aromatic heterocycles. The summed E-state index contributed by atoms with van der Waals surface area (Å²) < 4.78 is 18.4. The normalized spacial score (nSPS) is 10.4. The zero-order chi connectivity index (χ0) is 14.9. The molecule has 20 heavy (non-hydrogen) atoms. The lowest BCUT2D eigenvalue weighted by molar-refractivity contribution is 0.103. The Bertz CT molecular complexity index is 657. The standard InChI is InChI=1S/C16H16FNO2/c1-9-6-12(17)7-10(2)15(9)16(19)11-4-5-13(18)14(8-11)20-3/h4-8H,18H2,1-3H3. The molecule has 0 atom stereocenters. The molecule has 0 spiro atoms. The van der Waals surface area contributed by atoms with Crippen molar-refractivity contribution in [3.05, 3.63) is 58.4 Å². The molecule has 0 aliphatic heterocycles. The van der Waals surface area contributed by atoms with Crippen molar-refractivity contribution < 1.29 is 13.9 Å². The maximum absolute atomic E-state index is 13.3. The average molecular weight is 273 g/mol. The molecule has 0 aliphatic carbocycles. The Morgan fingerprint density at radius 1 is 1.15 bits per heavy atom. The number of methoxy groups -OCH3 is 1. The van der Waals surface area contributed by atoms with Crippen molar-refractivity contribution in [1.82, 2.24) is 0 Å². The molecule has 104 valence electrons. The third-order valence-electron chi connectivity index (χ3n) is 3.22. The van der Waals surface area contributed by atoms with E-state index in [9.17, 15) is 9.18 Å². The minimum Gasteiger partial charge on any atom is -0.495 e. The van der Waals surface area contributed by atoms with Crippen LogP contribution in [0.2, 0.25) is 0 Å². The smallest absolute Gasteiger partial charge is 0.193 e. The molecule has 0 amide bonds. The first kappa shape index (κ1) is 14.1. The van der Waals surface area contributed by atoms with Crippen molar-refractivity contribution in [2.45, 2.75) is 13.8 Å². The number of hydrogen-bond donors (Lipinski definition) is 1. The third-order valence-corrected chi connectivity index (χ3v) is 3.22. The van der Waals surface area contributed by atoms with Crippen LogP contribution in [0.25, 0.3) is 0 Å². The molecule has 0 aliphatic rings. The van der Waals surface area contributed by atoms with E-state index in [0.717, 1.165) is 0 Å². The van der Waals surface area contributed by atoms with Gasteiger partial charge in [-0.05, 0) is 55.3 Å². The molecule has 0 fully saturated rings. The Kier molecular flexibility index (Phi) is 3.74. The number of halogens is 1. The van der Waals surface area contributed by atoms with Crippen LogP contribution >= 0.6 is 0 Å². The number of rotatable bonds is 3.